The third kappa shape index (κ3) is 5.57. The highest BCUT2D eigenvalue weighted by Gasteiger charge is 2.27. The molecule has 0 radical (unpaired) electrons. The average molecular weight is 475 g/mol. The fourth-order valence-corrected chi connectivity index (χ4v) is 4.36. The highest BCUT2D eigenvalue weighted by molar-refractivity contribution is 7.77. The van der Waals surface area contributed by atoms with Crippen LogP contribution in [0.25, 0.3) is 0 Å². The molecule has 2 aromatic heterocycles. The SMILES string of the molecule is NS(=O)OCC1CCC(Nc2ncncc2C(=O)c2ccn(Cc3ccccc3Cl)n2)C1. The van der Waals surface area contributed by atoms with Gasteiger partial charge in [0.05, 0.1) is 18.7 Å². The van der Waals surface area contributed by atoms with Crippen molar-refractivity contribution in [1.29, 1.82) is 0 Å². The van der Waals surface area contributed by atoms with Gasteiger partial charge in [0.2, 0.25) is 17.0 Å². The van der Waals surface area contributed by atoms with E-state index in [4.69, 9.17) is 20.9 Å². The number of hydrogen-bond donors (Lipinski definition) is 2. The number of nitrogens with one attached hydrogen (secondary N) is 1. The van der Waals surface area contributed by atoms with Gasteiger partial charge in [-0.2, -0.15) is 5.10 Å². The Bertz CT molecular complexity index is 1120. The van der Waals surface area contributed by atoms with Gasteiger partial charge in [-0.05, 0) is 42.9 Å². The lowest BCUT2D eigenvalue weighted by molar-refractivity contribution is 0.103. The number of rotatable bonds is 9. The van der Waals surface area contributed by atoms with Crippen molar-refractivity contribution in [2.75, 3.05) is 11.9 Å². The first-order valence-electron chi connectivity index (χ1n) is 10.2. The second kappa shape index (κ2) is 10.3. The maximum atomic E-state index is 13.1. The monoisotopic (exact) mass is 474 g/mol. The fraction of sp³-hybridized carbons (Fsp3) is 0.333. The van der Waals surface area contributed by atoms with E-state index >= 15 is 0 Å². The summed E-state index contributed by atoms with van der Waals surface area (Å²) in [6.07, 6.45) is 7.25. The van der Waals surface area contributed by atoms with Crippen LogP contribution in [0, 0.1) is 5.92 Å². The number of halogens is 1. The Balaban J connectivity index is 1.44. The van der Waals surface area contributed by atoms with E-state index in [1.54, 1.807) is 16.9 Å². The number of anilines is 1. The van der Waals surface area contributed by atoms with Crippen molar-refractivity contribution in [1.82, 2.24) is 19.7 Å². The van der Waals surface area contributed by atoms with Gasteiger partial charge in [0.15, 0.2) is 0 Å². The fourth-order valence-electron chi connectivity index (χ4n) is 3.83. The normalized spacial score (nSPS) is 19.1. The zero-order valence-electron chi connectivity index (χ0n) is 17.2. The second-order valence-electron chi connectivity index (χ2n) is 7.67. The molecule has 2 heterocycles. The molecule has 0 saturated heterocycles. The van der Waals surface area contributed by atoms with E-state index < -0.39 is 11.3 Å². The number of nitrogens with two attached hydrogens (primary N) is 1. The molecule has 168 valence electrons. The van der Waals surface area contributed by atoms with Crippen LogP contribution in [-0.2, 0) is 22.0 Å². The van der Waals surface area contributed by atoms with Gasteiger partial charge in [-0.1, -0.05) is 29.8 Å². The van der Waals surface area contributed by atoms with Crippen molar-refractivity contribution in [3.05, 3.63) is 70.9 Å². The molecule has 0 amide bonds. The minimum absolute atomic E-state index is 0.119. The van der Waals surface area contributed by atoms with Crippen molar-refractivity contribution < 1.29 is 13.2 Å². The first kappa shape index (κ1) is 22.5. The third-order valence-electron chi connectivity index (χ3n) is 5.42. The van der Waals surface area contributed by atoms with Crippen LogP contribution in [0.15, 0.2) is 49.1 Å². The Kier molecular flexibility index (Phi) is 7.26. The molecule has 1 saturated carbocycles. The van der Waals surface area contributed by atoms with Crippen molar-refractivity contribution in [2.45, 2.75) is 31.8 Å². The summed E-state index contributed by atoms with van der Waals surface area (Å²) in [5, 5.41) is 13.6. The Hall–Kier alpha value is -2.66. The molecule has 9 nitrogen and oxygen atoms in total. The van der Waals surface area contributed by atoms with E-state index in [-0.39, 0.29) is 17.7 Å². The molecule has 1 aliphatic rings. The van der Waals surface area contributed by atoms with E-state index in [9.17, 15) is 9.00 Å². The molecule has 32 heavy (non-hydrogen) atoms. The molecular formula is C21H23ClN6O3S. The third-order valence-corrected chi connectivity index (χ3v) is 6.16. The highest BCUT2D eigenvalue weighted by atomic mass is 35.5. The van der Waals surface area contributed by atoms with Crippen molar-refractivity contribution in [3.8, 4) is 0 Å². The number of carbonyl (C=O) groups is 1. The van der Waals surface area contributed by atoms with Gasteiger partial charge in [0, 0.05) is 23.5 Å². The molecule has 0 bridgehead atoms. The summed E-state index contributed by atoms with van der Waals surface area (Å²) in [4.78, 5) is 21.4. The molecule has 1 fully saturated rings. The summed E-state index contributed by atoms with van der Waals surface area (Å²) in [5.41, 5.74) is 1.58. The van der Waals surface area contributed by atoms with Gasteiger partial charge in [0.1, 0.15) is 17.8 Å². The molecule has 3 unspecified atom stereocenters. The number of benzene rings is 1. The number of aromatic nitrogens is 4. The van der Waals surface area contributed by atoms with Crippen LogP contribution in [0.1, 0.15) is 40.9 Å². The molecular weight excluding hydrogens is 452 g/mol. The first-order chi connectivity index (χ1) is 15.5. The quantitative estimate of drug-likeness (QED) is 0.457. The molecule has 11 heteroatoms. The molecule has 3 aromatic rings. The topological polar surface area (TPSA) is 125 Å². The van der Waals surface area contributed by atoms with Gasteiger partial charge in [-0.3, -0.25) is 13.7 Å². The number of nitrogens with zero attached hydrogens (tertiary/aromatic N) is 4. The van der Waals surface area contributed by atoms with Crippen molar-refractivity contribution in [2.24, 2.45) is 11.1 Å². The van der Waals surface area contributed by atoms with Gasteiger partial charge < -0.3 is 5.32 Å². The van der Waals surface area contributed by atoms with E-state index in [2.05, 4.69) is 20.4 Å². The van der Waals surface area contributed by atoms with Crippen molar-refractivity contribution >= 4 is 34.5 Å². The smallest absolute Gasteiger partial charge is 0.231 e. The lowest BCUT2D eigenvalue weighted by atomic mass is 10.1. The second-order valence-corrected chi connectivity index (χ2v) is 8.83. The van der Waals surface area contributed by atoms with Crippen LogP contribution in [0.4, 0.5) is 5.82 Å². The van der Waals surface area contributed by atoms with Crippen LogP contribution in [-0.4, -0.2) is 42.4 Å². The zero-order valence-corrected chi connectivity index (χ0v) is 18.8. The Morgan fingerprint density at radius 3 is 2.97 bits per heavy atom. The number of carbonyl (C=O) groups excluding carboxylic acids is 1. The predicted octanol–water partition coefficient (Wildman–Crippen LogP) is 2.74. The molecule has 1 aliphatic carbocycles. The van der Waals surface area contributed by atoms with E-state index in [0.717, 1.165) is 24.8 Å². The van der Waals surface area contributed by atoms with Crippen LogP contribution < -0.4 is 10.5 Å². The number of hydrogen-bond acceptors (Lipinski definition) is 7. The Labute approximate surface area is 193 Å². The Morgan fingerprint density at radius 2 is 2.16 bits per heavy atom. The molecule has 0 aliphatic heterocycles. The predicted molar refractivity (Wildman–Crippen MR) is 121 cm³/mol. The van der Waals surface area contributed by atoms with Crippen molar-refractivity contribution in [3.63, 3.8) is 0 Å². The van der Waals surface area contributed by atoms with Gasteiger partial charge in [-0.25, -0.2) is 19.3 Å². The van der Waals surface area contributed by atoms with Crippen LogP contribution in [0.2, 0.25) is 5.02 Å². The molecule has 4 rings (SSSR count). The van der Waals surface area contributed by atoms with Gasteiger partial charge >= 0.3 is 0 Å². The molecule has 3 atom stereocenters. The maximum absolute atomic E-state index is 13.1. The van der Waals surface area contributed by atoms with Crippen LogP contribution in [0.3, 0.4) is 0 Å². The lowest BCUT2D eigenvalue weighted by Gasteiger charge is -2.15. The van der Waals surface area contributed by atoms with Gasteiger partial charge in [-0.15, -0.1) is 0 Å². The minimum atomic E-state index is -1.76. The summed E-state index contributed by atoms with van der Waals surface area (Å²) in [6.45, 7) is 0.808. The van der Waals surface area contributed by atoms with E-state index in [1.165, 1.54) is 12.5 Å². The average Bonchev–Trinajstić information content (AvgIpc) is 3.43. The summed E-state index contributed by atoms with van der Waals surface area (Å²) in [7, 11) is 0. The molecule has 1 aromatic carbocycles. The number of ketones is 1. The maximum Gasteiger partial charge on any atom is 0.231 e. The summed E-state index contributed by atoms with van der Waals surface area (Å²) in [6, 6.07) is 9.31. The summed E-state index contributed by atoms with van der Waals surface area (Å²) >= 11 is 4.47. The lowest BCUT2D eigenvalue weighted by Crippen LogP contribution is -2.21. The van der Waals surface area contributed by atoms with E-state index in [1.807, 2.05) is 24.3 Å². The summed E-state index contributed by atoms with van der Waals surface area (Å²) in [5.74, 6) is 0.462. The summed E-state index contributed by atoms with van der Waals surface area (Å²) < 4.78 is 17.6. The minimum Gasteiger partial charge on any atom is -0.367 e. The van der Waals surface area contributed by atoms with Crippen LogP contribution >= 0.6 is 11.6 Å². The Morgan fingerprint density at radius 1 is 1.31 bits per heavy atom. The standard InChI is InChI=1S/C21H23ClN6O3S/c22-18-4-2-1-3-15(18)11-28-8-7-19(27-28)20(29)17-10-24-13-25-21(17)26-16-6-5-14(9-16)12-31-32(23)30/h1-4,7-8,10,13-14,16H,5-6,9,11-12,23H2,(H,24,25,26). The largest absolute Gasteiger partial charge is 0.367 e. The molecule has 0 spiro atoms. The van der Waals surface area contributed by atoms with E-state index in [0.29, 0.717) is 35.2 Å². The molecule has 3 N–H and O–H groups in total. The zero-order chi connectivity index (χ0) is 22.5. The van der Waals surface area contributed by atoms with Gasteiger partial charge in [0.25, 0.3) is 0 Å². The van der Waals surface area contributed by atoms with Crippen LogP contribution in [0.5, 0.6) is 0 Å². The highest BCUT2D eigenvalue weighted by Crippen LogP contribution is 2.29. The first-order valence-corrected chi connectivity index (χ1v) is 11.7.